The van der Waals surface area contributed by atoms with Gasteiger partial charge >= 0.3 is 6.43 Å². The summed E-state index contributed by atoms with van der Waals surface area (Å²) in [6, 6.07) is 12.4. The number of benzene rings is 2. The van der Waals surface area contributed by atoms with Crippen molar-refractivity contribution < 1.29 is 13.2 Å². The summed E-state index contributed by atoms with van der Waals surface area (Å²) in [5, 5.41) is 21.8. The number of anilines is 1. The van der Waals surface area contributed by atoms with E-state index in [9.17, 15) is 8.78 Å². The van der Waals surface area contributed by atoms with E-state index < -0.39 is 12.3 Å². The summed E-state index contributed by atoms with van der Waals surface area (Å²) in [4.78, 5) is 5.48. The third kappa shape index (κ3) is 3.85. The molecule has 160 valence electrons. The van der Waals surface area contributed by atoms with Crippen molar-refractivity contribution in [1.82, 2.24) is 35.4 Å². The van der Waals surface area contributed by atoms with Crippen molar-refractivity contribution in [2.45, 2.75) is 13.0 Å². The maximum Gasteiger partial charge on any atom is 0.314 e. The number of alkyl halides is 2. The lowest BCUT2D eigenvalue weighted by atomic mass is 10.1. The van der Waals surface area contributed by atoms with Crippen LogP contribution in [-0.4, -0.2) is 35.4 Å². The molecule has 0 radical (unpaired) electrons. The Labute approximate surface area is 183 Å². The van der Waals surface area contributed by atoms with Crippen molar-refractivity contribution in [2.24, 2.45) is 0 Å². The van der Waals surface area contributed by atoms with Crippen LogP contribution in [0, 0.1) is 0 Å². The Hall–Kier alpha value is -3.99. The van der Waals surface area contributed by atoms with Gasteiger partial charge in [0.05, 0.1) is 6.54 Å². The molecule has 5 rings (SSSR count). The maximum absolute atomic E-state index is 12.6. The maximum atomic E-state index is 12.6. The molecule has 2 N–H and O–H groups in total. The van der Waals surface area contributed by atoms with Gasteiger partial charge in [-0.1, -0.05) is 29.8 Å². The first-order valence-electron chi connectivity index (χ1n) is 9.30. The Balaban J connectivity index is 1.37. The molecule has 9 nitrogen and oxygen atoms in total. The number of hydrogen-bond donors (Lipinski definition) is 1. The van der Waals surface area contributed by atoms with Crippen LogP contribution in [0.25, 0.3) is 33.6 Å². The summed E-state index contributed by atoms with van der Waals surface area (Å²) in [6.07, 6.45) is -1.14. The van der Waals surface area contributed by atoms with Gasteiger partial charge in [-0.25, -0.2) is 4.98 Å². The number of nitrogen functional groups attached to an aromatic ring is 1. The molecule has 0 spiro atoms. The average molecular weight is 455 g/mol. The SMILES string of the molecule is Nc1cc2cc(-c3nnn(Cc4ccc(-c5nnc(C(F)F)o5)cc4Cl)n3)ccc2cn1. The smallest absolute Gasteiger partial charge is 0.314 e. The zero-order chi connectivity index (χ0) is 22.2. The van der Waals surface area contributed by atoms with Gasteiger partial charge in [-0.05, 0) is 40.4 Å². The number of nitrogens with zero attached hydrogens (tertiary/aromatic N) is 7. The first-order chi connectivity index (χ1) is 15.5. The fourth-order valence-electron chi connectivity index (χ4n) is 3.12. The molecule has 2 aromatic carbocycles. The molecule has 0 aliphatic heterocycles. The first kappa shape index (κ1) is 19.9. The minimum absolute atomic E-state index is 0.0398. The molecule has 32 heavy (non-hydrogen) atoms. The van der Waals surface area contributed by atoms with Gasteiger partial charge in [0, 0.05) is 27.7 Å². The van der Waals surface area contributed by atoms with Gasteiger partial charge in [0.1, 0.15) is 5.82 Å². The van der Waals surface area contributed by atoms with E-state index in [1.165, 1.54) is 4.80 Å². The van der Waals surface area contributed by atoms with Crippen LogP contribution < -0.4 is 5.73 Å². The second kappa shape index (κ2) is 7.93. The van der Waals surface area contributed by atoms with E-state index in [-0.39, 0.29) is 12.4 Å². The van der Waals surface area contributed by atoms with Gasteiger partial charge in [0.15, 0.2) is 0 Å². The molecule has 12 heteroatoms. The van der Waals surface area contributed by atoms with Crippen molar-refractivity contribution in [3.05, 3.63) is 65.1 Å². The number of rotatable bonds is 5. The number of tetrazole rings is 1. The summed E-state index contributed by atoms with van der Waals surface area (Å²) >= 11 is 6.36. The second-order valence-corrected chi connectivity index (χ2v) is 7.27. The predicted octanol–water partition coefficient (Wildman–Crippen LogP) is 4.16. The molecule has 3 heterocycles. The molecular weight excluding hydrogens is 442 g/mol. The van der Waals surface area contributed by atoms with Crippen LogP contribution in [0.15, 0.2) is 53.1 Å². The average Bonchev–Trinajstić information content (AvgIpc) is 3.45. The Bertz CT molecular complexity index is 1430. The summed E-state index contributed by atoms with van der Waals surface area (Å²) in [7, 11) is 0. The zero-order valence-corrected chi connectivity index (χ0v) is 16.9. The molecule has 3 aromatic heterocycles. The van der Waals surface area contributed by atoms with Gasteiger partial charge in [-0.2, -0.15) is 13.6 Å². The fraction of sp³-hybridized carbons (Fsp3) is 0.100. The van der Waals surface area contributed by atoms with Crippen LogP contribution in [0.5, 0.6) is 0 Å². The summed E-state index contributed by atoms with van der Waals surface area (Å²) in [5.74, 6) is 0.0879. The van der Waals surface area contributed by atoms with Crippen LogP contribution in [0.2, 0.25) is 5.02 Å². The summed E-state index contributed by atoms with van der Waals surface area (Å²) < 4.78 is 30.2. The number of halogens is 3. The summed E-state index contributed by atoms with van der Waals surface area (Å²) in [6.45, 7) is 0.253. The van der Waals surface area contributed by atoms with Gasteiger partial charge in [-0.15, -0.1) is 20.4 Å². The Morgan fingerprint density at radius 2 is 1.84 bits per heavy atom. The van der Waals surface area contributed by atoms with Gasteiger partial charge < -0.3 is 10.2 Å². The standard InChI is InChI=1S/C20H13ClF2N8O/c21-15-6-11(19-27-28-20(32-19)17(22)23)2-4-13(15)9-31-29-18(26-30-31)10-1-3-12-8-25-16(24)7-14(12)5-10/h1-8,17H,9H2,(H2,24,25). The second-order valence-electron chi connectivity index (χ2n) is 6.87. The number of pyridine rings is 1. The molecular formula is C20H13ClF2N8O. The minimum Gasteiger partial charge on any atom is -0.415 e. The first-order valence-corrected chi connectivity index (χ1v) is 9.68. The lowest BCUT2D eigenvalue weighted by Crippen LogP contribution is -2.04. The summed E-state index contributed by atoms with van der Waals surface area (Å²) in [5.41, 5.74) is 7.67. The van der Waals surface area contributed by atoms with Crippen molar-refractivity contribution in [3.8, 4) is 22.8 Å². The van der Waals surface area contributed by atoms with Crippen molar-refractivity contribution in [3.63, 3.8) is 0 Å². The van der Waals surface area contributed by atoms with E-state index in [1.807, 2.05) is 18.2 Å². The monoisotopic (exact) mass is 454 g/mol. The highest BCUT2D eigenvalue weighted by Crippen LogP contribution is 2.28. The Morgan fingerprint density at radius 3 is 2.62 bits per heavy atom. The molecule has 0 saturated heterocycles. The largest absolute Gasteiger partial charge is 0.415 e. The molecule has 0 aliphatic rings. The molecule has 0 atom stereocenters. The molecule has 0 aliphatic carbocycles. The van der Waals surface area contributed by atoms with Crippen molar-refractivity contribution in [2.75, 3.05) is 5.73 Å². The molecule has 5 aromatic rings. The van der Waals surface area contributed by atoms with Crippen LogP contribution in [0.4, 0.5) is 14.6 Å². The molecule has 0 unspecified atom stereocenters. The zero-order valence-electron chi connectivity index (χ0n) is 16.2. The van der Waals surface area contributed by atoms with Crippen molar-refractivity contribution >= 4 is 28.2 Å². The van der Waals surface area contributed by atoms with E-state index in [0.29, 0.717) is 27.8 Å². The van der Waals surface area contributed by atoms with Crippen LogP contribution in [0.3, 0.4) is 0 Å². The molecule has 0 saturated carbocycles. The number of fused-ring (bicyclic) bond motifs is 1. The van der Waals surface area contributed by atoms with Crippen LogP contribution in [-0.2, 0) is 6.54 Å². The Morgan fingerprint density at radius 1 is 1.00 bits per heavy atom. The normalized spacial score (nSPS) is 11.5. The highest BCUT2D eigenvalue weighted by Gasteiger charge is 2.18. The van der Waals surface area contributed by atoms with E-state index in [4.69, 9.17) is 21.8 Å². The quantitative estimate of drug-likeness (QED) is 0.420. The highest BCUT2D eigenvalue weighted by molar-refractivity contribution is 6.31. The third-order valence-corrected chi connectivity index (χ3v) is 5.04. The topological polar surface area (TPSA) is 121 Å². The highest BCUT2D eigenvalue weighted by atomic mass is 35.5. The molecule has 0 fully saturated rings. The van der Waals surface area contributed by atoms with E-state index in [1.54, 1.807) is 30.5 Å². The van der Waals surface area contributed by atoms with E-state index >= 15 is 0 Å². The lowest BCUT2D eigenvalue weighted by Gasteiger charge is -2.04. The molecule has 0 amide bonds. The van der Waals surface area contributed by atoms with Gasteiger partial charge in [0.2, 0.25) is 11.7 Å². The Kier molecular flexibility index (Phi) is 4.94. The van der Waals surface area contributed by atoms with Gasteiger partial charge in [0.25, 0.3) is 5.89 Å². The van der Waals surface area contributed by atoms with Crippen LogP contribution in [0.1, 0.15) is 17.9 Å². The van der Waals surface area contributed by atoms with Crippen molar-refractivity contribution in [1.29, 1.82) is 0 Å². The van der Waals surface area contributed by atoms with E-state index in [2.05, 4.69) is 30.6 Å². The minimum atomic E-state index is -2.84. The number of nitrogens with two attached hydrogens (primary N) is 1. The van der Waals surface area contributed by atoms with E-state index in [0.717, 1.165) is 16.3 Å². The third-order valence-electron chi connectivity index (χ3n) is 4.69. The number of aromatic nitrogens is 7. The lowest BCUT2D eigenvalue weighted by molar-refractivity contribution is 0.116. The predicted molar refractivity (Wildman–Crippen MR) is 112 cm³/mol. The van der Waals surface area contributed by atoms with Gasteiger partial charge in [-0.3, -0.25) is 0 Å². The molecule has 0 bridgehead atoms. The fourth-order valence-corrected chi connectivity index (χ4v) is 3.36. The van der Waals surface area contributed by atoms with Crippen LogP contribution >= 0.6 is 11.6 Å². The number of hydrogen-bond acceptors (Lipinski definition) is 8.